The summed E-state index contributed by atoms with van der Waals surface area (Å²) in [4.78, 5) is 35.7. The SMILES string of the molecule is COC(=O)[C@H](C)NC(=O)[C@H](CCSC)NC(=O)OCc1ccccc1. The lowest BCUT2D eigenvalue weighted by Crippen LogP contribution is -2.51. The Morgan fingerprint density at radius 1 is 1.16 bits per heavy atom. The topological polar surface area (TPSA) is 93.7 Å². The minimum Gasteiger partial charge on any atom is -0.467 e. The number of thioether (sulfide) groups is 1. The molecule has 0 heterocycles. The lowest BCUT2D eigenvalue weighted by molar-refractivity contribution is -0.144. The third kappa shape index (κ3) is 7.93. The van der Waals surface area contributed by atoms with Gasteiger partial charge in [-0.25, -0.2) is 9.59 Å². The van der Waals surface area contributed by atoms with Crippen LogP contribution in [0.1, 0.15) is 18.9 Å². The second kappa shape index (κ2) is 11.4. The van der Waals surface area contributed by atoms with Crippen molar-refractivity contribution in [2.75, 3.05) is 19.1 Å². The van der Waals surface area contributed by atoms with Crippen LogP contribution in [0.2, 0.25) is 0 Å². The summed E-state index contributed by atoms with van der Waals surface area (Å²) in [6.45, 7) is 1.63. The molecule has 0 aromatic heterocycles. The molecular weight excluding hydrogens is 344 g/mol. The van der Waals surface area contributed by atoms with Crippen LogP contribution in [0.5, 0.6) is 0 Å². The number of rotatable bonds is 9. The molecule has 1 aromatic carbocycles. The predicted molar refractivity (Wildman–Crippen MR) is 96.2 cm³/mol. The highest BCUT2D eigenvalue weighted by Gasteiger charge is 2.24. The molecule has 2 amide bonds. The van der Waals surface area contributed by atoms with Gasteiger partial charge < -0.3 is 20.1 Å². The minimum absolute atomic E-state index is 0.113. The van der Waals surface area contributed by atoms with Crippen molar-refractivity contribution in [2.45, 2.75) is 32.0 Å². The number of methoxy groups -OCH3 is 1. The van der Waals surface area contributed by atoms with Gasteiger partial charge in [0.1, 0.15) is 18.7 Å². The van der Waals surface area contributed by atoms with Gasteiger partial charge in [-0.15, -0.1) is 0 Å². The fourth-order valence-corrected chi connectivity index (χ4v) is 2.43. The van der Waals surface area contributed by atoms with E-state index in [9.17, 15) is 14.4 Å². The van der Waals surface area contributed by atoms with Gasteiger partial charge >= 0.3 is 12.1 Å². The number of carbonyl (C=O) groups excluding carboxylic acids is 3. The first-order valence-electron chi connectivity index (χ1n) is 7.82. The molecule has 2 atom stereocenters. The first kappa shape index (κ1) is 20.8. The molecule has 0 spiro atoms. The number of carbonyl (C=O) groups is 3. The van der Waals surface area contributed by atoms with E-state index in [1.807, 2.05) is 36.6 Å². The Balaban J connectivity index is 2.57. The van der Waals surface area contributed by atoms with E-state index >= 15 is 0 Å². The van der Waals surface area contributed by atoms with E-state index in [0.717, 1.165) is 5.56 Å². The van der Waals surface area contributed by atoms with Crippen molar-refractivity contribution < 1.29 is 23.9 Å². The second-order valence-corrected chi connectivity index (χ2v) is 6.28. The standard InChI is InChI=1S/C17H24N2O5S/c1-12(16(21)23-2)18-15(20)14(9-10-25-3)19-17(22)24-11-13-7-5-4-6-8-13/h4-8,12,14H,9-11H2,1-3H3,(H,18,20)(H,19,22)/t12-,14-/m0/s1. The molecule has 0 radical (unpaired) electrons. The maximum Gasteiger partial charge on any atom is 0.408 e. The fourth-order valence-electron chi connectivity index (χ4n) is 1.96. The van der Waals surface area contributed by atoms with E-state index in [2.05, 4.69) is 15.4 Å². The van der Waals surface area contributed by atoms with Crippen LogP contribution in [0.15, 0.2) is 30.3 Å². The molecule has 0 saturated carbocycles. The van der Waals surface area contributed by atoms with Crippen molar-refractivity contribution >= 4 is 29.7 Å². The molecule has 0 aliphatic heterocycles. The molecule has 0 aliphatic rings. The van der Waals surface area contributed by atoms with Crippen LogP contribution in [0.3, 0.4) is 0 Å². The van der Waals surface area contributed by atoms with Gasteiger partial charge in [0.25, 0.3) is 0 Å². The highest BCUT2D eigenvalue weighted by Crippen LogP contribution is 2.04. The Bertz CT molecular complexity index is 567. The number of ether oxygens (including phenoxy) is 2. The van der Waals surface area contributed by atoms with Gasteiger partial charge in [0, 0.05) is 0 Å². The molecule has 0 aliphatic carbocycles. The zero-order valence-electron chi connectivity index (χ0n) is 14.6. The number of hydrogen-bond donors (Lipinski definition) is 2. The summed E-state index contributed by atoms with van der Waals surface area (Å²) in [6.07, 6.45) is 1.64. The highest BCUT2D eigenvalue weighted by atomic mass is 32.2. The summed E-state index contributed by atoms with van der Waals surface area (Å²) in [5.41, 5.74) is 0.849. The van der Waals surface area contributed by atoms with Gasteiger partial charge in [0.2, 0.25) is 5.91 Å². The van der Waals surface area contributed by atoms with E-state index in [4.69, 9.17) is 4.74 Å². The maximum absolute atomic E-state index is 12.3. The Labute approximate surface area is 151 Å². The van der Waals surface area contributed by atoms with E-state index in [1.54, 1.807) is 11.8 Å². The smallest absolute Gasteiger partial charge is 0.408 e. The molecular formula is C17H24N2O5S. The van der Waals surface area contributed by atoms with Crippen molar-refractivity contribution in [3.63, 3.8) is 0 Å². The van der Waals surface area contributed by atoms with Crippen molar-refractivity contribution in [1.82, 2.24) is 10.6 Å². The van der Waals surface area contributed by atoms with Crippen molar-refractivity contribution in [3.8, 4) is 0 Å². The van der Waals surface area contributed by atoms with Gasteiger partial charge in [-0.3, -0.25) is 4.79 Å². The largest absolute Gasteiger partial charge is 0.467 e. The summed E-state index contributed by atoms with van der Waals surface area (Å²) < 4.78 is 9.71. The van der Waals surface area contributed by atoms with Crippen molar-refractivity contribution in [1.29, 1.82) is 0 Å². The number of benzene rings is 1. The van der Waals surface area contributed by atoms with E-state index in [1.165, 1.54) is 14.0 Å². The summed E-state index contributed by atoms with van der Waals surface area (Å²) >= 11 is 1.55. The zero-order valence-corrected chi connectivity index (χ0v) is 15.4. The van der Waals surface area contributed by atoms with Gasteiger partial charge in [-0.2, -0.15) is 11.8 Å². The molecule has 7 nitrogen and oxygen atoms in total. The molecule has 25 heavy (non-hydrogen) atoms. The fraction of sp³-hybridized carbons (Fsp3) is 0.471. The molecule has 0 fully saturated rings. The first-order valence-corrected chi connectivity index (χ1v) is 9.21. The maximum atomic E-state index is 12.3. The van der Waals surface area contributed by atoms with Crippen LogP contribution in [0.25, 0.3) is 0 Å². The first-order chi connectivity index (χ1) is 12.0. The molecule has 2 N–H and O–H groups in total. The lowest BCUT2D eigenvalue weighted by Gasteiger charge is -2.20. The predicted octanol–water partition coefficient (Wildman–Crippen LogP) is 1.71. The lowest BCUT2D eigenvalue weighted by atomic mass is 10.2. The molecule has 0 saturated heterocycles. The highest BCUT2D eigenvalue weighted by molar-refractivity contribution is 7.98. The summed E-state index contributed by atoms with van der Waals surface area (Å²) in [5, 5.41) is 5.07. The number of hydrogen-bond acceptors (Lipinski definition) is 6. The molecule has 1 rings (SSSR count). The third-order valence-corrected chi connectivity index (χ3v) is 3.99. The van der Waals surface area contributed by atoms with Crippen LogP contribution in [-0.4, -0.2) is 49.2 Å². The Morgan fingerprint density at radius 3 is 2.44 bits per heavy atom. The average molecular weight is 368 g/mol. The van der Waals surface area contributed by atoms with Crippen molar-refractivity contribution in [3.05, 3.63) is 35.9 Å². The van der Waals surface area contributed by atoms with Crippen LogP contribution in [0.4, 0.5) is 4.79 Å². The number of esters is 1. The van der Waals surface area contributed by atoms with Gasteiger partial charge in [0.15, 0.2) is 0 Å². The second-order valence-electron chi connectivity index (χ2n) is 5.29. The molecule has 8 heteroatoms. The molecule has 0 bridgehead atoms. The average Bonchev–Trinajstić information content (AvgIpc) is 2.63. The Hall–Kier alpha value is -2.22. The van der Waals surface area contributed by atoms with E-state index in [0.29, 0.717) is 12.2 Å². The monoisotopic (exact) mass is 368 g/mol. The number of alkyl carbamates (subject to hydrolysis) is 1. The van der Waals surface area contributed by atoms with Gasteiger partial charge in [-0.1, -0.05) is 30.3 Å². The number of nitrogens with one attached hydrogen (secondary N) is 2. The van der Waals surface area contributed by atoms with Gasteiger partial charge in [0.05, 0.1) is 7.11 Å². The minimum atomic E-state index is -0.795. The van der Waals surface area contributed by atoms with E-state index < -0.39 is 30.1 Å². The zero-order chi connectivity index (χ0) is 18.7. The normalized spacial score (nSPS) is 12.6. The number of amides is 2. The molecule has 0 unspecified atom stereocenters. The summed E-state index contributed by atoms with van der Waals surface area (Å²) in [7, 11) is 1.25. The quantitative estimate of drug-likeness (QED) is 0.645. The molecule has 138 valence electrons. The van der Waals surface area contributed by atoms with Crippen LogP contribution >= 0.6 is 11.8 Å². The van der Waals surface area contributed by atoms with Crippen LogP contribution < -0.4 is 10.6 Å². The van der Waals surface area contributed by atoms with Crippen molar-refractivity contribution in [2.24, 2.45) is 0 Å². The summed E-state index contributed by atoms with van der Waals surface area (Å²) in [5.74, 6) is -0.337. The van der Waals surface area contributed by atoms with Gasteiger partial charge in [-0.05, 0) is 30.9 Å². The van der Waals surface area contributed by atoms with Crippen LogP contribution in [0, 0.1) is 0 Å². The summed E-state index contributed by atoms with van der Waals surface area (Å²) in [6, 6.07) is 7.65. The molecule has 1 aromatic rings. The Morgan fingerprint density at radius 2 is 1.84 bits per heavy atom. The van der Waals surface area contributed by atoms with E-state index in [-0.39, 0.29) is 6.61 Å². The Kier molecular flexibility index (Phi) is 9.46. The third-order valence-electron chi connectivity index (χ3n) is 3.35. The van der Waals surface area contributed by atoms with Crippen LogP contribution in [-0.2, 0) is 25.7 Å².